The lowest BCUT2D eigenvalue weighted by Gasteiger charge is -2.16. The number of rotatable bonds is 8. The van der Waals surface area contributed by atoms with Gasteiger partial charge in [-0.25, -0.2) is 9.79 Å². The average Bonchev–Trinajstić information content (AvgIpc) is 2.27. The zero-order valence-electron chi connectivity index (χ0n) is 13.0. The van der Waals surface area contributed by atoms with Crippen molar-refractivity contribution in [2.45, 2.75) is 59.5 Å². The summed E-state index contributed by atoms with van der Waals surface area (Å²) in [5.41, 5.74) is 0.0740. The van der Waals surface area contributed by atoms with E-state index in [0.717, 1.165) is 18.4 Å². The van der Waals surface area contributed by atoms with E-state index in [1.54, 1.807) is 20.8 Å². The third kappa shape index (κ3) is 8.58. The fourth-order valence-corrected chi connectivity index (χ4v) is 1.53. The summed E-state index contributed by atoms with van der Waals surface area (Å²) >= 11 is 0. The summed E-state index contributed by atoms with van der Waals surface area (Å²) in [5, 5.41) is 9.60. The second-order valence-electron chi connectivity index (χ2n) is 5.40. The minimum absolute atomic E-state index is 0.186. The SMILES string of the molecule is CCOC(=O)C(=NC=C(C)CCCC(C)(C)O)C(C)=O. The Morgan fingerprint density at radius 1 is 1.30 bits per heavy atom. The van der Waals surface area contributed by atoms with Gasteiger partial charge in [0.05, 0.1) is 12.2 Å². The van der Waals surface area contributed by atoms with Crippen molar-refractivity contribution in [2.75, 3.05) is 6.61 Å². The van der Waals surface area contributed by atoms with Crippen molar-refractivity contribution in [3.05, 3.63) is 11.8 Å². The van der Waals surface area contributed by atoms with Gasteiger partial charge in [-0.3, -0.25) is 4.79 Å². The predicted octanol–water partition coefficient (Wildman–Crippen LogP) is 2.42. The molecule has 0 aliphatic carbocycles. The summed E-state index contributed by atoms with van der Waals surface area (Å²) in [6.45, 7) is 8.56. The highest BCUT2D eigenvalue weighted by molar-refractivity contribution is 6.64. The molecule has 5 heteroatoms. The van der Waals surface area contributed by atoms with Gasteiger partial charge in [-0.1, -0.05) is 5.57 Å². The maximum absolute atomic E-state index is 11.5. The summed E-state index contributed by atoms with van der Waals surface area (Å²) in [5.74, 6) is -1.11. The van der Waals surface area contributed by atoms with E-state index in [-0.39, 0.29) is 12.3 Å². The van der Waals surface area contributed by atoms with Gasteiger partial charge in [-0.15, -0.1) is 0 Å². The number of aliphatic hydroxyl groups is 1. The van der Waals surface area contributed by atoms with Crippen LogP contribution < -0.4 is 0 Å². The van der Waals surface area contributed by atoms with Gasteiger partial charge in [0.15, 0.2) is 11.5 Å². The predicted molar refractivity (Wildman–Crippen MR) is 78.7 cm³/mol. The molecule has 0 atom stereocenters. The van der Waals surface area contributed by atoms with Crippen LogP contribution in [0.3, 0.4) is 0 Å². The molecule has 1 N–H and O–H groups in total. The number of ketones is 1. The maximum Gasteiger partial charge on any atom is 0.360 e. The van der Waals surface area contributed by atoms with E-state index in [9.17, 15) is 14.7 Å². The first-order valence-electron chi connectivity index (χ1n) is 6.81. The van der Waals surface area contributed by atoms with Crippen molar-refractivity contribution in [3.63, 3.8) is 0 Å². The Bertz CT molecular complexity index is 403. The molecule has 0 saturated heterocycles. The van der Waals surface area contributed by atoms with Gasteiger partial charge in [0.25, 0.3) is 0 Å². The van der Waals surface area contributed by atoms with Crippen molar-refractivity contribution in [2.24, 2.45) is 4.99 Å². The van der Waals surface area contributed by atoms with Crippen molar-refractivity contribution in [1.29, 1.82) is 0 Å². The second kappa shape index (κ2) is 8.64. The molecule has 0 aliphatic heterocycles. The van der Waals surface area contributed by atoms with Crippen LogP contribution >= 0.6 is 0 Å². The summed E-state index contributed by atoms with van der Waals surface area (Å²) in [6, 6.07) is 0. The standard InChI is InChI=1S/C15H25NO4/c1-6-20-14(18)13(12(3)17)16-10-11(2)8-7-9-15(4,5)19/h10,19H,6-9H2,1-5H3. The van der Waals surface area contributed by atoms with E-state index < -0.39 is 17.4 Å². The first-order valence-corrected chi connectivity index (χ1v) is 6.81. The second-order valence-corrected chi connectivity index (χ2v) is 5.40. The third-order valence-electron chi connectivity index (χ3n) is 2.58. The topological polar surface area (TPSA) is 76.0 Å². The highest BCUT2D eigenvalue weighted by atomic mass is 16.5. The summed E-state index contributed by atoms with van der Waals surface area (Å²) < 4.78 is 4.77. The molecular weight excluding hydrogens is 258 g/mol. The number of Topliss-reactive ketones (excluding diaryl/α,β-unsaturated/α-hetero) is 1. The van der Waals surface area contributed by atoms with E-state index in [0.29, 0.717) is 6.42 Å². The number of esters is 1. The van der Waals surface area contributed by atoms with Crippen LogP contribution in [0.15, 0.2) is 16.8 Å². The van der Waals surface area contributed by atoms with Gasteiger partial charge in [0.2, 0.25) is 0 Å². The first-order chi connectivity index (χ1) is 9.17. The highest BCUT2D eigenvalue weighted by Crippen LogP contribution is 2.15. The van der Waals surface area contributed by atoms with Gasteiger partial charge in [0, 0.05) is 13.1 Å². The van der Waals surface area contributed by atoms with Crippen LogP contribution in [0, 0.1) is 0 Å². The van der Waals surface area contributed by atoms with Crippen LogP contribution in [0.2, 0.25) is 0 Å². The van der Waals surface area contributed by atoms with Crippen LogP contribution in [-0.4, -0.2) is 34.8 Å². The number of nitrogens with zero attached hydrogens (tertiary/aromatic N) is 1. The van der Waals surface area contributed by atoms with E-state index in [2.05, 4.69) is 4.99 Å². The van der Waals surface area contributed by atoms with Crippen LogP contribution in [0.5, 0.6) is 0 Å². The highest BCUT2D eigenvalue weighted by Gasteiger charge is 2.17. The Labute approximate surface area is 120 Å². The summed E-state index contributed by atoms with van der Waals surface area (Å²) in [6.07, 6.45) is 3.76. The maximum atomic E-state index is 11.5. The monoisotopic (exact) mass is 283 g/mol. The number of hydrogen-bond donors (Lipinski definition) is 1. The number of allylic oxidation sites excluding steroid dienone is 1. The minimum Gasteiger partial charge on any atom is -0.461 e. The Kier molecular flexibility index (Phi) is 7.99. The average molecular weight is 283 g/mol. The van der Waals surface area contributed by atoms with Gasteiger partial charge in [0.1, 0.15) is 0 Å². The minimum atomic E-state index is -0.694. The molecule has 114 valence electrons. The van der Waals surface area contributed by atoms with Crippen LogP contribution in [-0.2, 0) is 14.3 Å². The zero-order chi connectivity index (χ0) is 15.8. The normalized spacial score (nSPS) is 13.3. The molecule has 0 unspecified atom stereocenters. The van der Waals surface area contributed by atoms with Gasteiger partial charge in [-0.2, -0.15) is 0 Å². The van der Waals surface area contributed by atoms with Gasteiger partial charge < -0.3 is 9.84 Å². The van der Waals surface area contributed by atoms with Gasteiger partial charge >= 0.3 is 5.97 Å². The summed E-state index contributed by atoms with van der Waals surface area (Å²) in [7, 11) is 0. The Morgan fingerprint density at radius 3 is 2.35 bits per heavy atom. The largest absolute Gasteiger partial charge is 0.461 e. The molecule has 0 saturated carbocycles. The number of hydrogen-bond acceptors (Lipinski definition) is 5. The lowest BCUT2D eigenvalue weighted by molar-refractivity contribution is -0.135. The Balaban J connectivity index is 4.62. The molecule has 0 radical (unpaired) electrons. The lowest BCUT2D eigenvalue weighted by Crippen LogP contribution is -2.24. The van der Waals surface area contributed by atoms with Crippen molar-refractivity contribution >= 4 is 17.5 Å². The quantitative estimate of drug-likeness (QED) is 0.421. The molecule has 0 rings (SSSR count). The molecule has 0 bridgehead atoms. The van der Waals surface area contributed by atoms with Crippen LogP contribution in [0.25, 0.3) is 0 Å². The van der Waals surface area contributed by atoms with E-state index >= 15 is 0 Å². The fraction of sp³-hybridized carbons (Fsp3) is 0.667. The van der Waals surface area contributed by atoms with Crippen LogP contribution in [0.1, 0.15) is 53.9 Å². The molecular formula is C15H25NO4. The molecule has 20 heavy (non-hydrogen) atoms. The molecule has 0 spiro atoms. The molecule has 0 aromatic rings. The Morgan fingerprint density at radius 2 is 1.90 bits per heavy atom. The zero-order valence-corrected chi connectivity index (χ0v) is 13.0. The molecule has 0 fully saturated rings. The third-order valence-corrected chi connectivity index (χ3v) is 2.58. The number of carbonyl (C=O) groups excluding carboxylic acids is 2. The van der Waals surface area contributed by atoms with Crippen molar-refractivity contribution in [1.82, 2.24) is 0 Å². The van der Waals surface area contributed by atoms with Crippen molar-refractivity contribution in [3.8, 4) is 0 Å². The molecule has 0 aromatic carbocycles. The molecule has 5 nitrogen and oxygen atoms in total. The molecule has 0 amide bonds. The van der Waals surface area contributed by atoms with E-state index in [4.69, 9.17) is 4.74 Å². The number of aliphatic imine (C=N–C) groups is 1. The first kappa shape index (κ1) is 18.5. The number of carbonyl (C=O) groups is 2. The van der Waals surface area contributed by atoms with Gasteiger partial charge in [-0.05, 0) is 47.0 Å². The van der Waals surface area contributed by atoms with Crippen molar-refractivity contribution < 1.29 is 19.4 Å². The molecule has 0 aromatic heterocycles. The Hall–Kier alpha value is -1.49. The molecule has 0 heterocycles. The van der Waals surface area contributed by atoms with E-state index in [1.165, 1.54) is 13.1 Å². The molecule has 0 aliphatic rings. The lowest BCUT2D eigenvalue weighted by atomic mass is 10.00. The fourth-order valence-electron chi connectivity index (χ4n) is 1.53. The summed E-state index contributed by atoms with van der Waals surface area (Å²) in [4.78, 5) is 26.8. The number of ether oxygens (including phenoxy) is 1. The smallest absolute Gasteiger partial charge is 0.360 e. The van der Waals surface area contributed by atoms with E-state index in [1.807, 2.05) is 6.92 Å². The van der Waals surface area contributed by atoms with Crippen LogP contribution in [0.4, 0.5) is 0 Å².